The van der Waals surface area contributed by atoms with E-state index in [0.29, 0.717) is 30.7 Å². The van der Waals surface area contributed by atoms with Gasteiger partial charge in [-0.1, -0.05) is 5.21 Å². The van der Waals surface area contributed by atoms with E-state index in [0.717, 1.165) is 5.69 Å². The molecule has 0 aromatic carbocycles. The number of aryl methyl sites for hydroxylation is 1. The van der Waals surface area contributed by atoms with Gasteiger partial charge in [0.2, 0.25) is 0 Å². The molecule has 2 rings (SSSR count). The monoisotopic (exact) mass is 261 g/mol. The van der Waals surface area contributed by atoms with Crippen LogP contribution in [0.1, 0.15) is 18.5 Å². The lowest BCUT2D eigenvalue weighted by Gasteiger charge is -2.31. The highest BCUT2D eigenvalue weighted by atomic mass is 79.9. The number of aromatic nitrogens is 3. The van der Waals surface area contributed by atoms with E-state index >= 15 is 0 Å². The predicted octanol–water partition coefficient (Wildman–Crippen LogP) is 0.576. The molecule has 78 valence electrons. The summed E-state index contributed by atoms with van der Waals surface area (Å²) in [4.78, 5) is 0. The van der Waals surface area contributed by atoms with Crippen molar-refractivity contribution in [1.29, 1.82) is 0 Å². The van der Waals surface area contributed by atoms with Crippen molar-refractivity contribution in [3.8, 4) is 0 Å². The van der Waals surface area contributed by atoms with E-state index in [4.69, 9.17) is 4.74 Å². The van der Waals surface area contributed by atoms with E-state index in [9.17, 15) is 5.11 Å². The van der Waals surface area contributed by atoms with Crippen LogP contribution in [0, 0.1) is 0 Å². The normalized spacial score (nSPS) is 21.1. The van der Waals surface area contributed by atoms with Gasteiger partial charge >= 0.3 is 0 Å². The summed E-state index contributed by atoms with van der Waals surface area (Å²) in [6.07, 6.45) is 1.18. The van der Waals surface area contributed by atoms with Gasteiger partial charge in [-0.05, 0) is 15.9 Å². The highest BCUT2D eigenvalue weighted by Crippen LogP contribution is 2.34. The van der Waals surface area contributed by atoms with Crippen LogP contribution in [0.4, 0.5) is 0 Å². The second-order valence-corrected chi connectivity index (χ2v) is 4.25. The van der Waals surface area contributed by atoms with Crippen molar-refractivity contribution in [2.75, 3.05) is 13.2 Å². The lowest BCUT2D eigenvalue weighted by atomic mass is 9.91. The van der Waals surface area contributed by atoms with Crippen molar-refractivity contribution in [3.05, 3.63) is 10.3 Å². The first kappa shape index (κ1) is 10.1. The summed E-state index contributed by atoms with van der Waals surface area (Å²) in [5.41, 5.74) is -0.115. The van der Waals surface area contributed by atoms with Crippen LogP contribution in [0.25, 0.3) is 0 Å². The van der Waals surface area contributed by atoms with Crippen molar-refractivity contribution in [2.45, 2.75) is 18.4 Å². The standard InChI is InChI=1S/C8H12BrN3O2/c1-12-6(7(9)10-11-12)8(13)2-4-14-5-3-8/h13H,2-5H2,1H3. The van der Waals surface area contributed by atoms with Crippen molar-refractivity contribution >= 4 is 15.9 Å². The average Bonchev–Trinajstić information content (AvgIpc) is 2.48. The summed E-state index contributed by atoms with van der Waals surface area (Å²) in [6, 6.07) is 0. The third kappa shape index (κ3) is 1.57. The SMILES string of the molecule is Cn1nnc(Br)c1C1(O)CCOCC1. The van der Waals surface area contributed by atoms with E-state index in [1.165, 1.54) is 0 Å². The van der Waals surface area contributed by atoms with E-state index < -0.39 is 5.60 Å². The number of aliphatic hydroxyl groups is 1. The molecule has 0 bridgehead atoms. The zero-order valence-electron chi connectivity index (χ0n) is 7.90. The number of halogens is 1. The molecule has 0 radical (unpaired) electrons. The molecule has 2 heterocycles. The van der Waals surface area contributed by atoms with Gasteiger partial charge in [-0.25, -0.2) is 4.68 Å². The molecule has 1 aromatic rings. The third-order valence-electron chi connectivity index (χ3n) is 2.55. The van der Waals surface area contributed by atoms with Crippen LogP contribution in [-0.2, 0) is 17.4 Å². The van der Waals surface area contributed by atoms with E-state index in [1.54, 1.807) is 11.7 Å². The smallest absolute Gasteiger partial charge is 0.154 e. The molecule has 5 nitrogen and oxygen atoms in total. The fraction of sp³-hybridized carbons (Fsp3) is 0.750. The molecular formula is C8H12BrN3O2. The van der Waals surface area contributed by atoms with Crippen molar-refractivity contribution in [3.63, 3.8) is 0 Å². The van der Waals surface area contributed by atoms with Gasteiger partial charge in [-0.15, -0.1) is 5.10 Å². The Labute approximate surface area is 90.2 Å². The second-order valence-electron chi connectivity index (χ2n) is 3.50. The molecule has 1 aromatic heterocycles. The number of hydrogen-bond donors (Lipinski definition) is 1. The van der Waals surface area contributed by atoms with Gasteiger partial charge in [0.05, 0.1) is 0 Å². The van der Waals surface area contributed by atoms with Crippen LogP contribution in [-0.4, -0.2) is 33.3 Å². The molecule has 1 fully saturated rings. The number of rotatable bonds is 1. The van der Waals surface area contributed by atoms with Crippen molar-refractivity contribution in [1.82, 2.24) is 15.0 Å². The predicted molar refractivity (Wildman–Crippen MR) is 52.7 cm³/mol. The molecule has 0 aliphatic carbocycles. The molecule has 1 saturated heterocycles. The van der Waals surface area contributed by atoms with E-state index in [-0.39, 0.29) is 0 Å². The zero-order chi connectivity index (χ0) is 10.2. The Hall–Kier alpha value is -0.460. The molecule has 1 N–H and O–H groups in total. The van der Waals surface area contributed by atoms with Crippen LogP contribution >= 0.6 is 15.9 Å². The van der Waals surface area contributed by atoms with E-state index in [2.05, 4.69) is 26.2 Å². The molecule has 1 aliphatic rings. The van der Waals surface area contributed by atoms with Crippen molar-refractivity contribution < 1.29 is 9.84 Å². The summed E-state index contributed by atoms with van der Waals surface area (Å²) in [5, 5.41) is 18.1. The fourth-order valence-electron chi connectivity index (χ4n) is 1.77. The maximum Gasteiger partial charge on any atom is 0.154 e. The van der Waals surface area contributed by atoms with Gasteiger partial charge in [0.25, 0.3) is 0 Å². The number of ether oxygens (including phenoxy) is 1. The molecule has 6 heteroatoms. The molecule has 0 saturated carbocycles. The van der Waals surface area contributed by atoms with Crippen LogP contribution < -0.4 is 0 Å². The largest absolute Gasteiger partial charge is 0.383 e. The highest BCUT2D eigenvalue weighted by Gasteiger charge is 2.37. The first-order valence-electron chi connectivity index (χ1n) is 4.49. The van der Waals surface area contributed by atoms with Gasteiger partial charge in [0.1, 0.15) is 11.3 Å². The third-order valence-corrected chi connectivity index (χ3v) is 3.08. The molecular weight excluding hydrogens is 250 g/mol. The fourth-order valence-corrected chi connectivity index (χ4v) is 2.47. The van der Waals surface area contributed by atoms with Gasteiger partial charge in [-0.3, -0.25) is 0 Å². The van der Waals surface area contributed by atoms with Gasteiger partial charge < -0.3 is 9.84 Å². The number of hydrogen-bond acceptors (Lipinski definition) is 4. The van der Waals surface area contributed by atoms with Gasteiger partial charge in [-0.2, -0.15) is 0 Å². The average molecular weight is 262 g/mol. The molecule has 1 aliphatic heterocycles. The topological polar surface area (TPSA) is 60.2 Å². The Bertz CT molecular complexity index is 314. The lowest BCUT2D eigenvalue weighted by Crippen LogP contribution is -2.35. The minimum Gasteiger partial charge on any atom is -0.383 e. The van der Waals surface area contributed by atoms with Crippen LogP contribution in [0.5, 0.6) is 0 Å². The Kier molecular flexibility index (Phi) is 2.59. The minimum absolute atomic E-state index is 0.578. The highest BCUT2D eigenvalue weighted by molar-refractivity contribution is 9.10. The minimum atomic E-state index is -0.852. The quantitative estimate of drug-likeness (QED) is 0.804. The van der Waals surface area contributed by atoms with E-state index in [1.807, 2.05) is 0 Å². The Morgan fingerprint density at radius 2 is 2.14 bits per heavy atom. The van der Waals surface area contributed by atoms with Crippen LogP contribution in [0.2, 0.25) is 0 Å². The first-order valence-corrected chi connectivity index (χ1v) is 5.28. The summed E-state index contributed by atoms with van der Waals surface area (Å²) < 4.78 is 7.44. The summed E-state index contributed by atoms with van der Waals surface area (Å²) in [6.45, 7) is 1.16. The Morgan fingerprint density at radius 3 is 2.64 bits per heavy atom. The lowest BCUT2D eigenvalue weighted by molar-refractivity contribution is -0.0730. The van der Waals surface area contributed by atoms with Crippen molar-refractivity contribution in [2.24, 2.45) is 7.05 Å². The zero-order valence-corrected chi connectivity index (χ0v) is 9.49. The van der Waals surface area contributed by atoms with Gasteiger partial charge in [0, 0.05) is 33.1 Å². The summed E-state index contributed by atoms with van der Waals surface area (Å²) >= 11 is 3.29. The first-order chi connectivity index (χ1) is 6.63. The molecule has 0 atom stereocenters. The Balaban J connectivity index is 2.36. The molecule has 0 amide bonds. The maximum atomic E-state index is 10.4. The number of nitrogens with zero attached hydrogens (tertiary/aromatic N) is 3. The second kappa shape index (κ2) is 3.60. The summed E-state index contributed by atoms with van der Waals surface area (Å²) in [7, 11) is 1.78. The molecule has 0 unspecified atom stereocenters. The van der Waals surface area contributed by atoms with Gasteiger partial charge in [0.15, 0.2) is 4.60 Å². The molecule has 14 heavy (non-hydrogen) atoms. The Morgan fingerprint density at radius 1 is 1.50 bits per heavy atom. The molecule has 0 spiro atoms. The van der Waals surface area contributed by atoms with Crippen LogP contribution in [0.3, 0.4) is 0 Å². The maximum absolute atomic E-state index is 10.4. The summed E-state index contributed by atoms with van der Waals surface area (Å²) in [5.74, 6) is 0. The van der Waals surface area contributed by atoms with Crippen LogP contribution in [0.15, 0.2) is 4.60 Å².